The number of nitrogens with zero attached hydrogens (tertiary/aromatic N) is 2. The average molecular weight is 271 g/mol. The van der Waals surface area contributed by atoms with Gasteiger partial charge < -0.3 is 9.80 Å². The first-order valence-corrected chi connectivity index (χ1v) is 6.32. The summed E-state index contributed by atoms with van der Waals surface area (Å²) in [6.07, 6.45) is 0. The molecule has 3 nitrogen and oxygen atoms in total. The molecule has 1 aromatic carbocycles. The van der Waals surface area contributed by atoms with Crippen molar-refractivity contribution < 1.29 is 9.18 Å². The summed E-state index contributed by atoms with van der Waals surface area (Å²) in [6, 6.07) is 4.37. The molecule has 1 saturated heterocycles. The van der Waals surface area contributed by atoms with Gasteiger partial charge in [0.25, 0.3) is 5.91 Å². The highest BCUT2D eigenvalue weighted by Gasteiger charge is 2.29. The number of benzene rings is 1. The minimum Gasteiger partial charge on any atom is -0.333 e. The van der Waals surface area contributed by atoms with Gasteiger partial charge in [0.2, 0.25) is 0 Å². The summed E-state index contributed by atoms with van der Waals surface area (Å²) in [6.45, 7) is 4.14. The fourth-order valence-corrected chi connectivity index (χ4v) is 2.53. The molecule has 1 aliphatic rings. The quantitative estimate of drug-likeness (QED) is 0.782. The first-order chi connectivity index (χ1) is 8.50. The number of likely N-dealkylation sites (N-methyl/N-ethyl adjacent to an activating group) is 1. The highest BCUT2D eigenvalue weighted by Crippen LogP contribution is 2.22. The van der Waals surface area contributed by atoms with Crippen LogP contribution in [0.4, 0.5) is 4.39 Å². The first-order valence-electron chi connectivity index (χ1n) is 5.94. The second kappa shape index (κ2) is 5.24. The van der Waals surface area contributed by atoms with E-state index in [0.29, 0.717) is 6.54 Å². The fraction of sp³-hybridized carbons (Fsp3) is 0.462. The van der Waals surface area contributed by atoms with Crippen molar-refractivity contribution in [3.8, 4) is 0 Å². The van der Waals surface area contributed by atoms with Crippen LogP contribution < -0.4 is 0 Å². The van der Waals surface area contributed by atoms with Crippen molar-refractivity contribution in [1.82, 2.24) is 9.80 Å². The molecule has 0 N–H and O–H groups in total. The largest absolute Gasteiger partial charge is 0.333 e. The van der Waals surface area contributed by atoms with Gasteiger partial charge in [0.1, 0.15) is 5.82 Å². The minimum absolute atomic E-state index is 0.0180. The van der Waals surface area contributed by atoms with Crippen LogP contribution in [0.3, 0.4) is 0 Å². The Hall–Kier alpha value is -1.13. The predicted octanol–water partition coefficient (Wildman–Crippen LogP) is 2.26. The standard InChI is InChI=1S/C13H16ClFN2O/c1-9-8-16(2)6-7-17(9)13(18)12-10(14)4-3-5-11(12)15/h3-5,9H,6-8H2,1-2H3. The Morgan fingerprint density at radius 3 is 2.78 bits per heavy atom. The molecule has 98 valence electrons. The van der Waals surface area contributed by atoms with Gasteiger partial charge >= 0.3 is 0 Å². The number of rotatable bonds is 1. The number of hydrogen-bond donors (Lipinski definition) is 0. The maximum Gasteiger partial charge on any atom is 0.258 e. The second-order valence-corrected chi connectivity index (χ2v) is 5.11. The van der Waals surface area contributed by atoms with E-state index in [-0.39, 0.29) is 22.5 Å². The summed E-state index contributed by atoms with van der Waals surface area (Å²) < 4.78 is 13.7. The van der Waals surface area contributed by atoms with E-state index in [4.69, 9.17) is 11.6 Å². The zero-order valence-electron chi connectivity index (χ0n) is 10.5. The van der Waals surface area contributed by atoms with E-state index in [1.165, 1.54) is 12.1 Å². The van der Waals surface area contributed by atoms with Crippen LogP contribution in [0.25, 0.3) is 0 Å². The van der Waals surface area contributed by atoms with E-state index in [0.717, 1.165) is 13.1 Å². The molecule has 1 atom stereocenters. The third-order valence-corrected chi connectivity index (χ3v) is 3.58. The first kappa shape index (κ1) is 13.3. The molecule has 0 saturated carbocycles. The highest BCUT2D eigenvalue weighted by atomic mass is 35.5. The van der Waals surface area contributed by atoms with E-state index >= 15 is 0 Å². The average Bonchev–Trinajstić information content (AvgIpc) is 2.28. The van der Waals surface area contributed by atoms with E-state index in [1.54, 1.807) is 11.0 Å². The minimum atomic E-state index is -0.557. The van der Waals surface area contributed by atoms with Crippen molar-refractivity contribution >= 4 is 17.5 Å². The third kappa shape index (κ3) is 2.49. The van der Waals surface area contributed by atoms with Gasteiger partial charge in [-0.2, -0.15) is 0 Å². The summed E-state index contributed by atoms with van der Waals surface area (Å²) in [4.78, 5) is 16.2. The monoisotopic (exact) mass is 270 g/mol. The van der Waals surface area contributed by atoms with Gasteiger partial charge in [0, 0.05) is 25.7 Å². The molecule has 1 unspecified atom stereocenters. The maximum atomic E-state index is 13.7. The summed E-state index contributed by atoms with van der Waals surface area (Å²) in [5.41, 5.74) is -0.0180. The Balaban J connectivity index is 2.26. The topological polar surface area (TPSA) is 23.6 Å². The van der Waals surface area contributed by atoms with E-state index in [9.17, 15) is 9.18 Å². The molecule has 0 spiro atoms. The van der Waals surface area contributed by atoms with Gasteiger partial charge in [-0.3, -0.25) is 4.79 Å². The molecule has 0 radical (unpaired) electrons. The highest BCUT2D eigenvalue weighted by molar-refractivity contribution is 6.33. The van der Waals surface area contributed by atoms with Crippen LogP contribution in [0.1, 0.15) is 17.3 Å². The second-order valence-electron chi connectivity index (χ2n) is 4.71. The Labute approximate surface area is 111 Å². The van der Waals surface area contributed by atoms with Gasteiger partial charge in [0.15, 0.2) is 0 Å². The fourth-order valence-electron chi connectivity index (χ4n) is 2.29. The predicted molar refractivity (Wildman–Crippen MR) is 69.4 cm³/mol. The number of carbonyl (C=O) groups is 1. The Morgan fingerprint density at radius 2 is 2.17 bits per heavy atom. The van der Waals surface area contributed by atoms with E-state index in [1.807, 2.05) is 14.0 Å². The van der Waals surface area contributed by atoms with E-state index in [2.05, 4.69) is 4.90 Å². The number of piperazine rings is 1. The molecule has 0 aromatic heterocycles. The molecule has 1 aromatic rings. The lowest BCUT2D eigenvalue weighted by Gasteiger charge is -2.38. The lowest BCUT2D eigenvalue weighted by atomic mass is 10.1. The lowest BCUT2D eigenvalue weighted by Crippen LogP contribution is -2.52. The van der Waals surface area contributed by atoms with Crippen LogP contribution in [0, 0.1) is 5.82 Å². The number of halogens is 2. The summed E-state index contributed by atoms with van der Waals surface area (Å²) in [7, 11) is 2.01. The van der Waals surface area contributed by atoms with Crippen LogP contribution in [0.2, 0.25) is 5.02 Å². The molecule has 0 aliphatic carbocycles. The Kier molecular flexibility index (Phi) is 3.88. The van der Waals surface area contributed by atoms with Crippen molar-refractivity contribution in [3.63, 3.8) is 0 Å². The van der Waals surface area contributed by atoms with Gasteiger partial charge in [-0.25, -0.2) is 4.39 Å². The Bertz CT molecular complexity index is 446. The zero-order valence-corrected chi connectivity index (χ0v) is 11.2. The molecule has 18 heavy (non-hydrogen) atoms. The lowest BCUT2D eigenvalue weighted by molar-refractivity contribution is 0.0529. The SMILES string of the molecule is CC1CN(C)CCN1C(=O)c1c(F)cccc1Cl. The molecule has 5 heteroatoms. The molecule has 1 fully saturated rings. The Morgan fingerprint density at radius 1 is 1.44 bits per heavy atom. The van der Waals surface area contributed by atoms with Crippen LogP contribution in [-0.2, 0) is 0 Å². The smallest absolute Gasteiger partial charge is 0.258 e. The summed E-state index contributed by atoms with van der Waals surface area (Å²) in [5.74, 6) is -0.877. The van der Waals surface area contributed by atoms with Crippen LogP contribution >= 0.6 is 11.6 Å². The van der Waals surface area contributed by atoms with Crippen molar-refractivity contribution in [1.29, 1.82) is 0 Å². The van der Waals surface area contributed by atoms with Gasteiger partial charge in [-0.15, -0.1) is 0 Å². The maximum absolute atomic E-state index is 13.7. The number of amides is 1. The van der Waals surface area contributed by atoms with Crippen LogP contribution in [0.15, 0.2) is 18.2 Å². The molecular weight excluding hydrogens is 255 g/mol. The van der Waals surface area contributed by atoms with Crippen LogP contribution in [0.5, 0.6) is 0 Å². The van der Waals surface area contributed by atoms with Gasteiger partial charge in [0.05, 0.1) is 10.6 Å². The summed E-state index contributed by atoms with van der Waals surface area (Å²) >= 11 is 5.92. The third-order valence-electron chi connectivity index (χ3n) is 3.27. The van der Waals surface area contributed by atoms with Crippen molar-refractivity contribution in [3.05, 3.63) is 34.6 Å². The molecule has 1 heterocycles. The number of hydrogen-bond acceptors (Lipinski definition) is 2. The zero-order chi connectivity index (χ0) is 13.3. The van der Waals surface area contributed by atoms with Gasteiger partial charge in [-0.1, -0.05) is 17.7 Å². The van der Waals surface area contributed by atoms with Crippen LogP contribution in [-0.4, -0.2) is 48.4 Å². The van der Waals surface area contributed by atoms with Crippen molar-refractivity contribution in [2.45, 2.75) is 13.0 Å². The van der Waals surface area contributed by atoms with Crippen molar-refractivity contribution in [2.24, 2.45) is 0 Å². The van der Waals surface area contributed by atoms with Crippen molar-refractivity contribution in [2.75, 3.05) is 26.7 Å². The normalized spacial score (nSPS) is 21.1. The number of carbonyl (C=O) groups excluding carboxylic acids is 1. The molecule has 1 amide bonds. The molecule has 1 aliphatic heterocycles. The molecule has 2 rings (SSSR count). The molecule has 0 bridgehead atoms. The van der Waals surface area contributed by atoms with Gasteiger partial charge in [-0.05, 0) is 26.1 Å². The molecular formula is C13H16ClFN2O. The van der Waals surface area contributed by atoms with E-state index < -0.39 is 5.82 Å². The summed E-state index contributed by atoms with van der Waals surface area (Å²) in [5, 5.41) is 0.172.